The van der Waals surface area contributed by atoms with Crippen molar-refractivity contribution >= 4 is 12.2 Å². The van der Waals surface area contributed by atoms with Crippen LogP contribution in [0.3, 0.4) is 0 Å². The van der Waals surface area contributed by atoms with Crippen LogP contribution in [-0.2, 0) is 0 Å². The van der Waals surface area contributed by atoms with E-state index in [9.17, 15) is 14.0 Å². The SMILES string of the molecule is NC(=O)c1cnn(-c2cc(F)cc(C=O)c2)c1. The van der Waals surface area contributed by atoms with Crippen molar-refractivity contribution in [1.29, 1.82) is 0 Å². The molecule has 2 N–H and O–H groups in total. The van der Waals surface area contributed by atoms with Crippen LogP contribution in [0.25, 0.3) is 5.69 Å². The van der Waals surface area contributed by atoms with E-state index in [1.54, 1.807) is 0 Å². The summed E-state index contributed by atoms with van der Waals surface area (Å²) in [6, 6.07) is 3.76. The third-order valence-corrected chi connectivity index (χ3v) is 2.17. The summed E-state index contributed by atoms with van der Waals surface area (Å²) in [5.74, 6) is -1.18. The van der Waals surface area contributed by atoms with Gasteiger partial charge in [0.2, 0.25) is 0 Å². The zero-order valence-corrected chi connectivity index (χ0v) is 8.63. The first kappa shape index (κ1) is 11.0. The lowest BCUT2D eigenvalue weighted by atomic mass is 10.2. The lowest BCUT2D eigenvalue weighted by molar-refractivity contribution is 0.0999. The molecule has 2 aromatic rings. The Labute approximate surface area is 95.7 Å². The predicted octanol–water partition coefficient (Wildman–Crippen LogP) is 0.923. The minimum absolute atomic E-state index is 0.191. The van der Waals surface area contributed by atoms with Gasteiger partial charge in [-0.15, -0.1) is 0 Å². The normalized spacial score (nSPS) is 10.2. The summed E-state index contributed by atoms with van der Waals surface area (Å²) in [7, 11) is 0. The maximum Gasteiger partial charge on any atom is 0.251 e. The number of halogens is 1. The van der Waals surface area contributed by atoms with Crippen LogP contribution < -0.4 is 5.73 Å². The molecule has 5 nitrogen and oxygen atoms in total. The number of aldehydes is 1. The highest BCUT2D eigenvalue weighted by Gasteiger charge is 2.07. The average molecular weight is 233 g/mol. The Bertz CT molecular complexity index is 592. The zero-order chi connectivity index (χ0) is 12.4. The lowest BCUT2D eigenvalue weighted by Crippen LogP contribution is -2.09. The highest BCUT2D eigenvalue weighted by molar-refractivity contribution is 5.92. The maximum absolute atomic E-state index is 13.2. The summed E-state index contributed by atoms with van der Waals surface area (Å²) >= 11 is 0. The van der Waals surface area contributed by atoms with Crippen LogP contribution in [0.4, 0.5) is 4.39 Å². The Morgan fingerprint density at radius 2 is 2.18 bits per heavy atom. The van der Waals surface area contributed by atoms with Gasteiger partial charge in [-0.3, -0.25) is 9.59 Å². The van der Waals surface area contributed by atoms with E-state index < -0.39 is 11.7 Å². The number of benzene rings is 1. The summed E-state index contributed by atoms with van der Waals surface area (Å²) in [5.41, 5.74) is 5.82. The molecule has 1 aromatic carbocycles. The number of carbonyl (C=O) groups is 2. The highest BCUT2D eigenvalue weighted by atomic mass is 19.1. The van der Waals surface area contributed by atoms with Gasteiger partial charge < -0.3 is 5.73 Å². The molecule has 1 aromatic heterocycles. The fourth-order valence-electron chi connectivity index (χ4n) is 1.39. The Hall–Kier alpha value is -2.50. The van der Waals surface area contributed by atoms with Crippen LogP contribution in [0, 0.1) is 5.82 Å². The van der Waals surface area contributed by atoms with E-state index >= 15 is 0 Å². The number of primary amides is 1. The van der Waals surface area contributed by atoms with Crippen LogP contribution in [0.2, 0.25) is 0 Å². The number of nitrogens with zero attached hydrogens (tertiary/aromatic N) is 2. The summed E-state index contributed by atoms with van der Waals surface area (Å²) in [4.78, 5) is 21.5. The molecular formula is C11H8FN3O2. The van der Waals surface area contributed by atoms with Crippen LogP contribution >= 0.6 is 0 Å². The summed E-state index contributed by atoms with van der Waals surface area (Å²) < 4.78 is 14.4. The number of aromatic nitrogens is 2. The first-order valence-electron chi connectivity index (χ1n) is 4.71. The summed E-state index contributed by atoms with van der Waals surface area (Å²) in [5, 5.41) is 3.86. The molecule has 1 amide bonds. The third-order valence-electron chi connectivity index (χ3n) is 2.17. The van der Waals surface area contributed by atoms with E-state index in [2.05, 4.69) is 5.10 Å². The quantitative estimate of drug-likeness (QED) is 0.801. The van der Waals surface area contributed by atoms with E-state index in [0.717, 1.165) is 6.07 Å². The maximum atomic E-state index is 13.2. The van der Waals surface area contributed by atoms with E-state index in [1.807, 2.05) is 0 Å². The van der Waals surface area contributed by atoms with Crippen LogP contribution in [-0.4, -0.2) is 22.0 Å². The first-order chi connectivity index (χ1) is 8.10. The standard InChI is InChI=1S/C11H8FN3O2/c12-9-1-7(6-16)2-10(3-9)15-5-8(4-14-15)11(13)17/h1-6H,(H2,13,17). The van der Waals surface area contributed by atoms with Gasteiger partial charge in [-0.05, 0) is 18.2 Å². The van der Waals surface area contributed by atoms with Crippen molar-refractivity contribution in [1.82, 2.24) is 9.78 Å². The van der Waals surface area contributed by atoms with Crippen LogP contribution in [0.1, 0.15) is 20.7 Å². The molecule has 86 valence electrons. The van der Waals surface area contributed by atoms with Crippen molar-refractivity contribution in [2.75, 3.05) is 0 Å². The highest BCUT2D eigenvalue weighted by Crippen LogP contribution is 2.12. The second kappa shape index (κ2) is 4.17. The molecule has 0 atom stereocenters. The molecule has 17 heavy (non-hydrogen) atoms. The van der Waals surface area contributed by atoms with Gasteiger partial charge in [0.1, 0.15) is 12.1 Å². The fourth-order valence-corrected chi connectivity index (χ4v) is 1.39. The molecule has 0 saturated heterocycles. The fraction of sp³-hybridized carbons (Fsp3) is 0. The topological polar surface area (TPSA) is 78.0 Å². The minimum Gasteiger partial charge on any atom is -0.366 e. The van der Waals surface area contributed by atoms with Gasteiger partial charge in [0.25, 0.3) is 5.91 Å². The smallest absolute Gasteiger partial charge is 0.251 e. The monoisotopic (exact) mass is 233 g/mol. The number of rotatable bonds is 3. The third kappa shape index (κ3) is 2.20. The zero-order valence-electron chi connectivity index (χ0n) is 8.63. The number of hydrogen-bond donors (Lipinski definition) is 1. The molecule has 0 spiro atoms. The van der Waals surface area contributed by atoms with Gasteiger partial charge in [-0.1, -0.05) is 0 Å². The second-order valence-electron chi connectivity index (χ2n) is 3.40. The molecule has 0 radical (unpaired) electrons. The van der Waals surface area contributed by atoms with Crippen molar-refractivity contribution in [3.05, 3.63) is 47.5 Å². The van der Waals surface area contributed by atoms with Gasteiger partial charge in [-0.25, -0.2) is 9.07 Å². The van der Waals surface area contributed by atoms with E-state index in [0.29, 0.717) is 12.0 Å². The van der Waals surface area contributed by atoms with Gasteiger partial charge in [0.05, 0.1) is 17.4 Å². The Morgan fingerprint density at radius 3 is 2.76 bits per heavy atom. The Kier molecular flexibility index (Phi) is 2.70. The second-order valence-corrected chi connectivity index (χ2v) is 3.40. The van der Waals surface area contributed by atoms with Crippen molar-refractivity contribution in [3.8, 4) is 5.69 Å². The van der Waals surface area contributed by atoms with Gasteiger partial charge in [-0.2, -0.15) is 5.10 Å². The largest absolute Gasteiger partial charge is 0.366 e. The molecule has 0 aliphatic heterocycles. The number of nitrogens with two attached hydrogens (primary N) is 1. The van der Waals surface area contributed by atoms with E-state index in [4.69, 9.17) is 5.73 Å². The van der Waals surface area contributed by atoms with E-state index in [1.165, 1.54) is 29.2 Å². The lowest BCUT2D eigenvalue weighted by Gasteiger charge is -2.02. The van der Waals surface area contributed by atoms with Gasteiger partial charge in [0, 0.05) is 11.8 Å². The first-order valence-corrected chi connectivity index (χ1v) is 4.71. The molecule has 0 aliphatic rings. The van der Waals surface area contributed by atoms with Crippen molar-refractivity contribution in [3.63, 3.8) is 0 Å². The molecule has 0 saturated carbocycles. The van der Waals surface area contributed by atoms with Gasteiger partial charge in [0.15, 0.2) is 0 Å². The predicted molar refractivity (Wildman–Crippen MR) is 57.4 cm³/mol. The minimum atomic E-state index is -0.622. The van der Waals surface area contributed by atoms with E-state index in [-0.39, 0.29) is 11.1 Å². The Morgan fingerprint density at radius 1 is 1.41 bits per heavy atom. The average Bonchev–Trinajstić information content (AvgIpc) is 2.77. The van der Waals surface area contributed by atoms with Crippen molar-refractivity contribution in [2.24, 2.45) is 5.73 Å². The molecular weight excluding hydrogens is 225 g/mol. The molecule has 6 heteroatoms. The molecule has 0 bridgehead atoms. The number of hydrogen-bond acceptors (Lipinski definition) is 3. The molecule has 0 unspecified atom stereocenters. The van der Waals surface area contributed by atoms with Crippen molar-refractivity contribution in [2.45, 2.75) is 0 Å². The van der Waals surface area contributed by atoms with Crippen LogP contribution in [0.15, 0.2) is 30.6 Å². The van der Waals surface area contributed by atoms with Crippen molar-refractivity contribution < 1.29 is 14.0 Å². The molecule has 0 fully saturated rings. The van der Waals surface area contributed by atoms with Gasteiger partial charge >= 0.3 is 0 Å². The summed E-state index contributed by atoms with van der Waals surface area (Å²) in [6.45, 7) is 0. The summed E-state index contributed by atoms with van der Waals surface area (Å²) in [6.07, 6.45) is 3.17. The molecule has 1 heterocycles. The number of carbonyl (C=O) groups excluding carboxylic acids is 2. The van der Waals surface area contributed by atoms with Crippen LogP contribution in [0.5, 0.6) is 0 Å². The molecule has 2 rings (SSSR count). The Balaban J connectivity index is 2.48. The molecule has 0 aliphatic carbocycles. The number of amides is 1.